The summed E-state index contributed by atoms with van der Waals surface area (Å²) in [6.07, 6.45) is 3.78. The minimum Gasteiger partial charge on any atom is -0.461 e. The van der Waals surface area contributed by atoms with Gasteiger partial charge in [-0.15, -0.1) is 0 Å². The van der Waals surface area contributed by atoms with E-state index in [1.807, 2.05) is 24.3 Å². The molecule has 3 rings (SSSR count). The number of hydrogen-bond donors (Lipinski definition) is 2. The molecule has 3 N–H and O–H groups in total. The molecule has 0 amide bonds. The molecule has 1 fully saturated rings. The van der Waals surface area contributed by atoms with Gasteiger partial charge in [0.15, 0.2) is 11.4 Å². The molecule has 0 saturated carbocycles. The summed E-state index contributed by atoms with van der Waals surface area (Å²) >= 11 is 0. The number of carbonyl (C=O) groups excluding carboxylic acids is 1. The first kappa shape index (κ1) is 21.8. The Morgan fingerprint density at radius 3 is 2.67 bits per heavy atom. The third-order valence-corrected chi connectivity index (χ3v) is 6.03. The van der Waals surface area contributed by atoms with Gasteiger partial charge >= 0.3 is 5.97 Å². The molecule has 7 nitrogen and oxygen atoms in total. The summed E-state index contributed by atoms with van der Waals surface area (Å²) in [6, 6.07) is 9.70. The number of ether oxygens (including phenoxy) is 1. The number of fused-ring (bicyclic) bond motifs is 1. The van der Waals surface area contributed by atoms with Gasteiger partial charge in [-0.25, -0.2) is 9.79 Å². The van der Waals surface area contributed by atoms with Crippen LogP contribution in [0.3, 0.4) is 0 Å². The molecule has 0 aromatic heterocycles. The molecular formula is C23H31N5O2. The van der Waals surface area contributed by atoms with Crippen LogP contribution in [0.2, 0.25) is 0 Å². The third kappa shape index (κ3) is 4.82. The van der Waals surface area contributed by atoms with Crippen molar-refractivity contribution in [3.05, 3.63) is 35.5 Å². The highest BCUT2D eigenvalue weighted by Crippen LogP contribution is 2.33. The van der Waals surface area contributed by atoms with Gasteiger partial charge in [-0.05, 0) is 43.4 Å². The molecule has 0 atom stereocenters. The summed E-state index contributed by atoms with van der Waals surface area (Å²) in [5.41, 5.74) is 7.79. The Morgan fingerprint density at radius 1 is 1.33 bits per heavy atom. The van der Waals surface area contributed by atoms with E-state index in [2.05, 4.69) is 30.1 Å². The van der Waals surface area contributed by atoms with Crippen LogP contribution < -0.4 is 11.1 Å². The molecule has 1 aromatic rings. The Balaban J connectivity index is 1.93. The molecule has 160 valence electrons. The van der Waals surface area contributed by atoms with Crippen LogP contribution in [0.4, 0.5) is 11.4 Å². The molecule has 30 heavy (non-hydrogen) atoms. The van der Waals surface area contributed by atoms with Crippen molar-refractivity contribution in [3.8, 4) is 6.07 Å². The standard InChI is InChI=1S/C23H31N5O2/c1-3-16(4-2)15-30-23(29)18(14-25)21-22(28-11-9-17(13-24)10-12-28)27-20-8-6-5-7-19(20)26-21/h5-8,16-17,26H,3-4,9-13,15,24H2,1-2H3. The van der Waals surface area contributed by atoms with Crippen molar-refractivity contribution in [2.45, 2.75) is 39.5 Å². The molecular weight excluding hydrogens is 378 g/mol. The predicted octanol–water partition coefficient (Wildman–Crippen LogP) is 3.57. The number of nitrogens with zero attached hydrogens (tertiary/aromatic N) is 3. The van der Waals surface area contributed by atoms with E-state index in [1.165, 1.54) is 0 Å². The number of para-hydroxylation sites is 2. The maximum atomic E-state index is 12.8. The highest BCUT2D eigenvalue weighted by Gasteiger charge is 2.30. The number of nitriles is 1. The van der Waals surface area contributed by atoms with Crippen LogP contribution in [0.25, 0.3) is 0 Å². The van der Waals surface area contributed by atoms with Gasteiger partial charge in [-0.3, -0.25) is 0 Å². The molecule has 0 aliphatic carbocycles. The first-order chi connectivity index (χ1) is 14.6. The molecule has 0 unspecified atom stereocenters. The lowest BCUT2D eigenvalue weighted by atomic mass is 9.96. The van der Waals surface area contributed by atoms with E-state index < -0.39 is 5.97 Å². The van der Waals surface area contributed by atoms with Gasteiger partial charge < -0.3 is 20.7 Å². The van der Waals surface area contributed by atoms with Gasteiger partial charge in [-0.1, -0.05) is 38.8 Å². The van der Waals surface area contributed by atoms with Crippen molar-refractivity contribution in [3.63, 3.8) is 0 Å². The Hall–Kier alpha value is -2.85. The Labute approximate surface area is 178 Å². The second-order valence-electron chi connectivity index (χ2n) is 7.89. The SMILES string of the molecule is CCC(CC)COC(=O)C(C#N)=C1Nc2ccccc2N=C1N1CCC(CN)CC1. The first-order valence-corrected chi connectivity index (χ1v) is 10.8. The van der Waals surface area contributed by atoms with Gasteiger partial charge in [0.25, 0.3) is 0 Å². The second-order valence-corrected chi connectivity index (χ2v) is 7.89. The fourth-order valence-electron chi connectivity index (χ4n) is 3.81. The number of nitrogens with two attached hydrogens (primary N) is 1. The van der Waals surface area contributed by atoms with Gasteiger partial charge in [0, 0.05) is 13.1 Å². The van der Waals surface area contributed by atoms with Crippen molar-refractivity contribution >= 4 is 23.2 Å². The lowest BCUT2D eigenvalue weighted by Gasteiger charge is -2.36. The molecule has 7 heteroatoms. The van der Waals surface area contributed by atoms with Gasteiger partial charge in [-0.2, -0.15) is 5.26 Å². The number of esters is 1. The van der Waals surface area contributed by atoms with E-state index in [4.69, 9.17) is 15.5 Å². The van der Waals surface area contributed by atoms with Crippen LogP contribution in [0, 0.1) is 23.2 Å². The van der Waals surface area contributed by atoms with Crippen molar-refractivity contribution in [2.75, 3.05) is 31.6 Å². The van der Waals surface area contributed by atoms with Gasteiger partial charge in [0.2, 0.25) is 0 Å². The van der Waals surface area contributed by atoms with E-state index in [-0.39, 0.29) is 5.57 Å². The van der Waals surface area contributed by atoms with Crippen molar-refractivity contribution < 1.29 is 9.53 Å². The Bertz CT molecular complexity index is 859. The van der Waals surface area contributed by atoms with Crippen LogP contribution in [0.1, 0.15) is 39.5 Å². The predicted molar refractivity (Wildman–Crippen MR) is 118 cm³/mol. The molecule has 0 radical (unpaired) electrons. The van der Waals surface area contributed by atoms with Gasteiger partial charge in [0.05, 0.1) is 18.0 Å². The normalized spacial score (nSPS) is 18.2. The summed E-state index contributed by atoms with van der Waals surface area (Å²) in [5, 5.41) is 13.1. The fourth-order valence-corrected chi connectivity index (χ4v) is 3.81. The van der Waals surface area contributed by atoms with Crippen molar-refractivity contribution in [1.82, 2.24) is 4.90 Å². The number of benzene rings is 1. The average Bonchev–Trinajstić information content (AvgIpc) is 2.80. The number of aliphatic imine (C=N–C) groups is 1. The smallest absolute Gasteiger partial charge is 0.351 e. The molecule has 0 bridgehead atoms. The van der Waals surface area contributed by atoms with Gasteiger partial charge in [0.1, 0.15) is 11.8 Å². The van der Waals surface area contributed by atoms with Crippen LogP contribution in [-0.2, 0) is 9.53 Å². The van der Waals surface area contributed by atoms with Crippen LogP contribution >= 0.6 is 0 Å². The summed E-state index contributed by atoms with van der Waals surface area (Å²) in [7, 11) is 0. The summed E-state index contributed by atoms with van der Waals surface area (Å²) < 4.78 is 5.50. The number of carbonyl (C=O) groups is 1. The van der Waals surface area contributed by atoms with Crippen molar-refractivity contribution in [2.24, 2.45) is 22.6 Å². The lowest BCUT2D eigenvalue weighted by Crippen LogP contribution is -2.43. The Morgan fingerprint density at radius 2 is 2.03 bits per heavy atom. The molecule has 1 saturated heterocycles. The molecule has 0 spiro atoms. The van der Waals surface area contributed by atoms with E-state index in [0.717, 1.165) is 50.1 Å². The number of rotatable bonds is 6. The Kier molecular flexibility index (Phi) is 7.47. The number of nitrogens with one attached hydrogen (secondary N) is 1. The van der Waals surface area contributed by atoms with E-state index in [0.29, 0.717) is 36.5 Å². The highest BCUT2D eigenvalue weighted by molar-refractivity contribution is 6.12. The fraction of sp³-hybridized carbons (Fsp3) is 0.522. The zero-order valence-corrected chi connectivity index (χ0v) is 17.9. The minimum absolute atomic E-state index is 0.0323. The first-order valence-electron chi connectivity index (χ1n) is 10.8. The zero-order chi connectivity index (χ0) is 21.5. The number of amidine groups is 1. The topological polar surface area (TPSA) is 104 Å². The molecule has 1 aromatic carbocycles. The van der Waals surface area contributed by atoms with Crippen molar-refractivity contribution in [1.29, 1.82) is 5.26 Å². The quantitative estimate of drug-likeness (QED) is 0.423. The second kappa shape index (κ2) is 10.3. The molecule has 2 heterocycles. The van der Waals surface area contributed by atoms with Crippen LogP contribution in [-0.4, -0.2) is 42.9 Å². The van der Waals surface area contributed by atoms with E-state index in [1.54, 1.807) is 0 Å². The summed E-state index contributed by atoms with van der Waals surface area (Å²) in [4.78, 5) is 19.8. The maximum Gasteiger partial charge on any atom is 0.351 e. The number of anilines is 1. The zero-order valence-electron chi connectivity index (χ0n) is 17.9. The van der Waals surface area contributed by atoms with E-state index >= 15 is 0 Å². The minimum atomic E-state index is -0.601. The van der Waals surface area contributed by atoms with Crippen LogP contribution in [0.5, 0.6) is 0 Å². The summed E-state index contributed by atoms with van der Waals surface area (Å²) in [6.45, 7) is 6.71. The molecule has 2 aliphatic heterocycles. The average molecular weight is 410 g/mol. The number of likely N-dealkylation sites (tertiary alicyclic amines) is 1. The third-order valence-electron chi connectivity index (χ3n) is 6.03. The summed E-state index contributed by atoms with van der Waals surface area (Å²) in [5.74, 6) is 0.817. The number of piperidine rings is 1. The lowest BCUT2D eigenvalue weighted by molar-refractivity contribution is -0.140. The monoisotopic (exact) mass is 409 g/mol. The number of hydrogen-bond acceptors (Lipinski definition) is 7. The van der Waals surface area contributed by atoms with E-state index in [9.17, 15) is 10.1 Å². The maximum absolute atomic E-state index is 12.8. The molecule has 2 aliphatic rings. The largest absolute Gasteiger partial charge is 0.461 e. The highest BCUT2D eigenvalue weighted by atomic mass is 16.5. The van der Waals surface area contributed by atoms with Crippen LogP contribution in [0.15, 0.2) is 40.5 Å².